The van der Waals surface area contributed by atoms with E-state index in [1.165, 1.54) is 31.4 Å². The fourth-order valence-corrected chi connectivity index (χ4v) is 2.19. The van der Waals surface area contributed by atoms with Gasteiger partial charge >= 0.3 is 0 Å². The molecule has 1 aromatic rings. The number of nitrogens with zero attached hydrogens (tertiary/aromatic N) is 1. The molecule has 0 unspecified atom stereocenters. The molecule has 0 aliphatic heterocycles. The third-order valence-electron chi connectivity index (χ3n) is 2.74. The molecule has 72 valence electrons. The zero-order valence-corrected chi connectivity index (χ0v) is 8.65. The maximum atomic E-state index is 4.22. The maximum absolute atomic E-state index is 4.22. The fourth-order valence-electron chi connectivity index (χ4n) is 1.63. The van der Waals surface area contributed by atoms with Crippen molar-refractivity contribution in [2.75, 3.05) is 6.54 Å². The van der Waals surface area contributed by atoms with Gasteiger partial charge in [-0.15, -0.1) is 11.3 Å². The van der Waals surface area contributed by atoms with Gasteiger partial charge in [-0.05, 0) is 18.9 Å². The lowest BCUT2D eigenvalue weighted by atomic mass is 9.83. The van der Waals surface area contributed by atoms with E-state index in [-0.39, 0.29) is 0 Å². The average molecular weight is 196 g/mol. The van der Waals surface area contributed by atoms with Crippen molar-refractivity contribution >= 4 is 11.3 Å². The Morgan fingerprint density at radius 2 is 2.46 bits per heavy atom. The van der Waals surface area contributed by atoms with Gasteiger partial charge in [0.1, 0.15) is 0 Å². The number of thiazole rings is 1. The summed E-state index contributed by atoms with van der Waals surface area (Å²) in [7, 11) is 0. The van der Waals surface area contributed by atoms with Gasteiger partial charge in [0.05, 0.1) is 11.2 Å². The van der Waals surface area contributed by atoms with E-state index in [9.17, 15) is 0 Å². The van der Waals surface area contributed by atoms with Gasteiger partial charge < -0.3 is 5.32 Å². The fraction of sp³-hybridized carbons (Fsp3) is 0.700. The van der Waals surface area contributed by atoms with Crippen molar-refractivity contribution in [1.29, 1.82) is 0 Å². The van der Waals surface area contributed by atoms with Gasteiger partial charge in [0.25, 0.3) is 0 Å². The van der Waals surface area contributed by atoms with Gasteiger partial charge in [0.15, 0.2) is 0 Å². The lowest BCUT2D eigenvalue weighted by Crippen LogP contribution is -2.21. The topological polar surface area (TPSA) is 24.9 Å². The van der Waals surface area contributed by atoms with E-state index >= 15 is 0 Å². The molecule has 1 N–H and O–H groups in total. The molecule has 2 rings (SSSR count). The van der Waals surface area contributed by atoms with E-state index in [4.69, 9.17) is 0 Å². The Morgan fingerprint density at radius 1 is 1.54 bits per heavy atom. The van der Waals surface area contributed by atoms with Crippen LogP contribution < -0.4 is 5.32 Å². The van der Waals surface area contributed by atoms with Crippen molar-refractivity contribution < 1.29 is 0 Å². The van der Waals surface area contributed by atoms with Crippen LogP contribution >= 0.6 is 11.3 Å². The van der Waals surface area contributed by atoms with Crippen LogP contribution in [-0.4, -0.2) is 11.5 Å². The minimum atomic E-state index is 0.941. The summed E-state index contributed by atoms with van der Waals surface area (Å²) < 4.78 is 0. The van der Waals surface area contributed by atoms with E-state index in [2.05, 4.69) is 15.7 Å². The summed E-state index contributed by atoms with van der Waals surface area (Å²) in [6.07, 6.45) is 5.72. The van der Waals surface area contributed by atoms with Gasteiger partial charge in [0, 0.05) is 11.9 Å². The first-order valence-corrected chi connectivity index (χ1v) is 5.97. The monoisotopic (exact) mass is 196 g/mol. The number of aromatic nitrogens is 1. The number of nitrogens with one attached hydrogen (secondary N) is 1. The van der Waals surface area contributed by atoms with Gasteiger partial charge in [-0.25, -0.2) is 4.98 Å². The quantitative estimate of drug-likeness (QED) is 0.732. The van der Waals surface area contributed by atoms with Gasteiger partial charge in [-0.1, -0.05) is 19.3 Å². The van der Waals surface area contributed by atoms with Crippen LogP contribution in [0.3, 0.4) is 0 Å². The summed E-state index contributed by atoms with van der Waals surface area (Å²) in [5.41, 5.74) is 3.07. The van der Waals surface area contributed by atoms with Gasteiger partial charge in [-0.3, -0.25) is 0 Å². The molecule has 0 spiro atoms. The zero-order valence-electron chi connectivity index (χ0n) is 7.83. The molecule has 1 aliphatic rings. The third kappa shape index (κ3) is 2.78. The van der Waals surface area contributed by atoms with Gasteiger partial charge in [0.2, 0.25) is 0 Å². The number of hydrogen-bond donors (Lipinski definition) is 1. The Bertz CT molecular complexity index is 229. The first kappa shape index (κ1) is 9.16. The molecule has 1 fully saturated rings. The molecule has 0 bridgehead atoms. The SMILES string of the molecule is c1nc(CNCCC2CCC2)cs1. The summed E-state index contributed by atoms with van der Waals surface area (Å²) in [5, 5.41) is 5.54. The highest BCUT2D eigenvalue weighted by molar-refractivity contribution is 7.07. The molecular weight excluding hydrogens is 180 g/mol. The Morgan fingerprint density at radius 3 is 3.08 bits per heavy atom. The smallest absolute Gasteiger partial charge is 0.0795 e. The lowest BCUT2D eigenvalue weighted by molar-refractivity contribution is 0.292. The highest BCUT2D eigenvalue weighted by atomic mass is 32.1. The van der Waals surface area contributed by atoms with Crippen LogP contribution in [0.4, 0.5) is 0 Å². The van der Waals surface area contributed by atoms with Crippen molar-refractivity contribution in [3.63, 3.8) is 0 Å². The average Bonchev–Trinajstić information content (AvgIpc) is 2.53. The molecule has 1 saturated carbocycles. The Hall–Kier alpha value is -0.410. The normalized spacial score (nSPS) is 17.2. The van der Waals surface area contributed by atoms with E-state index < -0.39 is 0 Å². The highest BCUT2D eigenvalue weighted by Crippen LogP contribution is 2.28. The standard InChI is InChI=1S/C10H16N2S/c1-2-9(3-1)4-5-11-6-10-7-13-8-12-10/h7-9,11H,1-6H2. The third-order valence-corrected chi connectivity index (χ3v) is 3.38. The van der Waals surface area contributed by atoms with Crippen molar-refractivity contribution in [1.82, 2.24) is 10.3 Å². The van der Waals surface area contributed by atoms with Crippen LogP contribution in [0.1, 0.15) is 31.4 Å². The molecule has 0 saturated heterocycles. The Kier molecular flexibility index (Phi) is 3.33. The summed E-state index contributed by atoms with van der Waals surface area (Å²) in [4.78, 5) is 4.22. The van der Waals surface area contributed by atoms with E-state index in [1.54, 1.807) is 11.3 Å². The number of hydrogen-bond acceptors (Lipinski definition) is 3. The first-order valence-electron chi connectivity index (χ1n) is 5.03. The van der Waals surface area contributed by atoms with Crippen molar-refractivity contribution in [2.24, 2.45) is 5.92 Å². The molecular formula is C10H16N2S. The summed E-state index contributed by atoms with van der Waals surface area (Å²) in [6, 6.07) is 0. The molecule has 13 heavy (non-hydrogen) atoms. The summed E-state index contributed by atoms with van der Waals surface area (Å²) in [5.74, 6) is 1.02. The molecule has 1 aliphatic carbocycles. The summed E-state index contributed by atoms with van der Waals surface area (Å²) >= 11 is 1.67. The second-order valence-corrected chi connectivity index (χ2v) is 4.46. The molecule has 0 aromatic carbocycles. The molecule has 3 heteroatoms. The summed E-state index contributed by atoms with van der Waals surface area (Å²) in [6.45, 7) is 2.10. The van der Waals surface area contributed by atoms with Crippen molar-refractivity contribution in [2.45, 2.75) is 32.2 Å². The van der Waals surface area contributed by atoms with E-state index in [0.29, 0.717) is 0 Å². The molecule has 0 atom stereocenters. The Balaban J connectivity index is 1.53. The van der Waals surface area contributed by atoms with E-state index in [1.807, 2.05) is 5.51 Å². The van der Waals surface area contributed by atoms with Crippen molar-refractivity contribution in [3.05, 3.63) is 16.6 Å². The maximum Gasteiger partial charge on any atom is 0.0795 e. The predicted molar refractivity (Wildman–Crippen MR) is 55.8 cm³/mol. The molecule has 0 radical (unpaired) electrons. The first-order chi connectivity index (χ1) is 6.45. The lowest BCUT2D eigenvalue weighted by Gasteiger charge is -2.25. The van der Waals surface area contributed by atoms with E-state index in [0.717, 1.165) is 19.0 Å². The molecule has 2 nitrogen and oxygen atoms in total. The number of rotatable bonds is 5. The minimum absolute atomic E-state index is 0.941. The van der Waals surface area contributed by atoms with Crippen molar-refractivity contribution in [3.8, 4) is 0 Å². The predicted octanol–water partition coefficient (Wildman–Crippen LogP) is 2.42. The van der Waals surface area contributed by atoms with Crippen LogP contribution in [0.2, 0.25) is 0 Å². The molecule has 1 aromatic heterocycles. The van der Waals surface area contributed by atoms with Gasteiger partial charge in [-0.2, -0.15) is 0 Å². The van der Waals surface area contributed by atoms with Crippen LogP contribution in [-0.2, 0) is 6.54 Å². The second-order valence-electron chi connectivity index (χ2n) is 3.74. The second kappa shape index (κ2) is 4.72. The van der Waals surface area contributed by atoms with Crippen LogP contribution in [0.5, 0.6) is 0 Å². The largest absolute Gasteiger partial charge is 0.311 e. The molecule has 0 amide bonds. The highest BCUT2D eigenvalue weighted by Gasteiger charge is 2.15. The zero-order chi connectivity index (χ0) is 8.93. The molecule has 1 heterocycles. The van der Waals surface area contributed by atoms with Crippen LogP contribution in [0.15, 0.2) is 10.9 Å². The van der Waals surface area contributed by atoms with Crippen LogP contribution in [0, 0.1) is 5.92 Å². The minimum Gasteiger partial charge on any atom is -0.311 e. The van der Waals surface area contributed by atoms with Crippen LogP contribution in [0.25, 0.3) is 0 Å². The Labute approximate surface area is 83.4 Å².